The fourth-order valence-corrected chi connectivity index (χ4v) is 4.00. The minimum absolute atomic E-state index is 0.0105. The molecule has 192 valence electrons. The highest BCUT2D eigenvalue weighted by atomic mass is 16.5. The Bertz CT molecular complexity index is 1030. The molecular formula is C29H38N4O3. The van der Waals surface area contributed by atoms with E-state index in [-0.39, 0.29) is 18.7 Å². The lowest BCUT2D eigenvalue weighted by atomic mass is 10.0. The summed E-state index contributed by atoms with van der Waals surface area (Å²) in [5.74, 6) is 0.885. The highest BCUT2D eigenvalue weighted by Gasteiger charge is 2.12. The normalized spacial score (nSPS) is 12.6. The summed E-state index contributed by atoms with van der Waals surface area (Å²) in [6.07, 6.45) is 0.945. The molecule has 0 saturated carbocycles. The fraction of sp³-hybridized carbons (Fsp3) is 0.345. The Kier molecular flexibility index (Phi) is 11.2. The lowest BCUT2D eigenvalue weighted by molar-refractivity contribution is 0.150. The zero-order valence-corrected chi connectivity index (χ0v) is 21.0. The summed E-state index contributed by atoms with van der Waals surface area (Å²) in [5.41, 5.74) is 16.0. The summed E-state index contributed by atoms with van der Waals surface area (Å²) in [6.45, 7) is 5.09. The SMILES string of the molecule is CCOc1ccc(CC(N)CNC(CNCc2ccc(COC(N)=O)cc2)Cc2ccccc2)cc1. The summed E-state index contributed by atoms with van der Waals surface area (Å²) < 4.78 is 10.4. The molecule has 0 radical (unpaired) electrons. The summed E-state index contributed by atoms with van der Waals surface area (Å²) >= 11 is 0. The number of nitrogens with two attached hydrogens (primary N) is 2. The molecular weight excluding hydrogens is 452 g/mol. The Morgan fingerprint density at radius 1 is 0.833 bits per heavy atom. The van der Waals surface area contributed by atoms with Crippen molar-refractivity contribution in [2.75, 3.05) is 19.7 Å². The summed E-state index contributed by atoms with van der Waals surface area (Å²) in [4.78, 5) is 10.8. The Morgan fingerprint density at radius 3 is 2.14 bits per heavy atom. The van der Waals surface area contributed by atoms with Gasteiger partial charge in [-0.3, -0.25) is 0 Å². The van der Waals surface area contributed by atoms with Crippen LogP contribution < -0.4 is 26.8 Å². The number of ether oxygens (including phenoxy) is 2. The quantitative estimate of drug-likeness (QED) is 0.259. The molecule has 1 amide bonds. The second kappa shape index (κ2) is 14.9. The van der Waals surface area contributed by atoms with E-state index < -0.39 is 6.09 Å². The fourth-order valence-electron chi connectivity index (χ4n) is 4.00. The van der Waals surface area contributed by atoms with Crippen LogP contribution in [-0.4, -0.2) is 37.9 Å². The van der Waals surface area contributed by atoms with Crippen LogP contribution in [0.5, 0.6) is 5.75 Å². The summed E-state index contributed by atoms with van der Waals surface area (Å²) in [5, 5.41) is 7.23. The van der Waals surface area contributed by atoms with Crippen LogP contribution in [-0.2, 0) is 30.7 Å². The van der Waals surface area contributed by atoms with Crippen LogP contribution in [0.25, 0.3) is 0 Å². The van der Waals surface area contributed by atoms with Crippen molar-refractivity contribution in [3.8, 4) is 5.75 Å². The first kappa shape index (κ1) is 27.2. The number of hydrogen-bond acceptors (Lipinski definition) is 6. The molecule has 3 rings (SSSR count). The molecule has 0 aromatic heterocycles. The third-order valence-corrected chi connectivity index (χ3v) is 5.85. The van der Waals surface area contributed by atoms with Crippen molar-refractivity contribution in [1.82, 2.24) is 10.6 Å². The first-order valence-corrected chi connectivity index (χ1v) is 12.5. The van der Waals surface area contributed by atoms with Gasteiger partial charge in [0.05, 0.1) is 6.61 Å². The molecule has 0 aliphatic rings. The van der Waals surface area contributed by atoms with Gasteiger partial charge in [0.2, 0.25) is 0 Å². The third kappa shape index (κ3) is 10.1. The molecule has 0 fully saturated rings. The second-order valence-corrected chi connectivity index (χ2v) is 8.89. The zero-order valence-electron chi connectivity index (χ0n) is 21.0. The molecule has 0 aliphatic heterocycles. The zero-order chi connectivity index (χ0) is 25.6. The van der Waals surface area contributed by atoms with Crippen molar-refractivity contribution in [3.63, 3.8) is 0 Å². The molecule has 7 heteroatoms. The first-order chi connectivity index (χ1) is 17.5. The van der Waals surface area contributed by atoms with Gasteiger partial charge in [0.25, 0.3) is 0 Å². The average Bonchev–Trinajstić information content (AvgIpc) is 2.88. The van der Waals surface area contributed by atoms with Crippen molar-refractivity contribution in [3.05, 3.63) is 101 Å². The standard InChI is InChI=1S/C29H38N4O3/c1-2-35-28-14-12-23(13-15-28)16-26(30)19-33-27(17-22-6-4-3-5-7-22)20-32-18-24-8-10-25(11-9-24)21-36-29(31)34/h3-15,26-27,32-33H,2,16-21,30H2,1H3,(H2,31,34). The van der Waals surface area contributed by atoms with Crippen molar-refractivity contribution in [2.45, 2.75) is 45.0 Å². The lowest BCUT2D eigenvalue weighted by Gasteiger charge is -2.22. The lowest BCUT2D eigenvalue weighted by Crippen LogP contribution is -2.46. The number of benzene rings is 3. The number of nitrogens with one attached hydrogen (secondary N) is 2. The molecule has 36 heavy (non-hydrogen) atoms. The van der Waals surface area contributed by atoms with E-state index in [2.05, 4.69) is 47.0 Å². The molecule has 0 aliphatic carbocycles. The van der Waals surface area contributed by atoms with Gasteiger partial charge in [0.1, 0.15) is 12.4 Å². The Labute approximate surface area is 214 Å². The predicted octanol–water partition coefficient (Wildman–Crippen LogP) is 3.54. The predicted molar refractivity (Wildman–Crippen MR) is 144 cm³/mol. The molecule has 0 saturated heterocycles. The first-order valence-electron chi connectivity index (χ1n) is 12.5. The molecule has 2 unspecified atom stereocenters. The van der Waals surface area contributed by atoms with E-state index in [1.54, 1.807) is 0 Å². The summed E-state index contributed by atoms with van der Waals surface area (Å²) in [6, 6.07) is 26.8. The maximum Gasteiger partial charge on any atom is 0.404 e. The molecule has 3 aromatic carbocycles. The van der Waals surface area contributed by atoms with E-state index in [0.29, 0.717) is 6.61 Å². The highest BCUT2D eigenvalue weighted by molar-refractivity contribution is 5.64. The van der Waals surface area contributed by atoms with E-state index in [1.807, 2.05) is 49.4 Å². The van der Waals surface area contributed by atoms with Crippen LogP contribution in [0.3, 0.4) is 0 Å². The Hall–Kier alpha value is -3.39. The number of primary amides is 1. The van der Waals surface area contributed by atoms with Crippen LogP contribution in [0.4, 0.5) is 4.79 Å². The van der Waals surface area contributed by atoms with E-state index in [1.165, 1.54) is 11.1 Å². The van der Waals surface area contributed by atoms with Gasteiger partial charge in [-0.2, -0.15) is 0 Å². The van der Waals surface area contributed by atoms with E-state index in [9.17, 15) is 4.79 Å². The molecule has 0 spiro atoms. The van der Waals surface area contributed by atoms with Crippen LogP contribution in [0.2, 0.25) is 0 Å². The maximum absolute atomic E-state index is 10.8. The topological polar surface area (TPSA) is 112 Å². The van der Waals surface area contributed by atoms with Gasteiger partial charge < -0.3 is 31.6 Å². The highest BCUT2D eigenvalue weighted by Crippen LogP contribution is 2.13. The number of rotatable bonds is 15. The molecule has 6 N–H and O–H groups in total. The number of amides is 1. The number of carbonyl (C=O) groups is 1. The monoisotopic (exact) mass is 490 g/mol. The molecule has 0 bridgehead atoms. The second-order valence-electron chi connectivity index (χ2n) is 8.89. The molecule has 0 heterocycles. The van der Waals surface area contributed by atoms with Crippen molar-refractivity contribution < 1.29 is 14.3 Å². The average molecular weight is 491 g/mol. The molecule has 2 atom stereocenters. The van der Waals surface area contributed by atoms with E-state index in [0.717, 1.165) is 49.4 Å². The van der Waals surface area contributed by atoms with Gasteiger partial charge >= 0.3 is 6.09 Å². The van der Waals surface area contributed by atoms with Crippen molar-refractivity contribution >= 4 is 6.09 Å². The van der Waals surface area contributed by atoms with Gasteiger partial charge in [0.15, 0.2) is 0 Å². The van der Waals surface area contributed by atoms with Gasteiger partial charge in [-0.05, 0) is 54.2 Å². The largest absolute Gasteiger partial charge is 0.494 e. The van der Waals surface area contributed by atoms with Gasteiger partial charge in [0, 0.05) is 31.7 Å². The molecule has 7 nitrogen and oxygen atoms in total. The molecule has 3 aromatic rings. The van der Waals surface area contributed by atoms with Crippen molar-refractivity contribution in [2.24, 2.45) is 11.5 Å². The van der Waals surface area contributed by atoms with E-state index in [4.69, 9.17) is 20.9 Å². The van der Waals surface area contributed by atoms with Gasteiger partial charge in [-0.1, -0.05) is 66.7 Å². The minimum atomic E-state index is -0.767. The van der Waals surface area contributed by atoms with Crippen molar-refractivity contribution in [1.29, 1.82) is 0 Å². The van der Waals surface area contributed by atoms with Gasteiger partial charge in [-0.15, -0.1) is 0 Å². The third-order valence-electron chi connectivity index (χ3n) is 5.85. The number of carbonyl (C=O) groups excluding carboxylic acids is 1. The van der Waals surface area contributed by atoms with Crippen LogP contribution >= 0.6 is 0 Å². The smallest absolute Gasteiger partial charge is 0.404 e. The summed E-state index contributed by atoms with van der Waals surface area (Å²) in [7, 11) is 0. The Balaban J connectivity index is 1.49. The number of hydrogen-bond donors (Lipinski definition) is 4. The maximum atomic E-state index is 10.8. The van der Waals surface area contributed by atoms with Gasteiger partial charge in [-0.25, -0.2) is 4.79 Å². The Morgan fingerprint density at radius 2 is 1.47 bits per heavy atom. The van der Waals surface area contributed by atoms with Crippen LogP contribution in [0, 0.1) is 0 Å². The van der Waals surface area contributed by atoms with E-state index >= 15 is 0 Å². The van der Waals surface area contributed by atoms with Crippen LogP contribution in [0.1, 0.15) is 29.2 Å². The van der Waals surface area contributed by atoms with Crippen LogP contribution in [0.15, 0.2) is 78.9 Å². The minimum Gasteiger partial charge on any atom is -0.494 e.